The lowest BCUT2D eigenvalue weighted by molar-refractivity contribution is 0.0987. The van der Waals surface area contributed by atoms with Gasteiger partial charge in [0.15, 0.2) is 5.01 Å². The molecular formula is C20H11FN4O2S2. The Morgan fingerprint density at radius 3 is 2.72 bits per heavy atom. The SMILES string of the molecule is O=C(c1nc2ccccc2s1)N(/N=C/c1ccco1)c1nc2ccc(F)cc2s1. The van der Waals surface area contributed by atoms with Gasteiger partial charge in [0.2, 0.25) is 5.13 Å². The molecule has 5 aromatic rings. The summed E-state index contributed by atoms with van der Waals surface area (Å²) in [4.78, 5) is 22.1. The Morgan fingerprint density at radius 2 is 1.90 bits per heavy atom. The van der Waals surface area contributed by atoms with Crippen molar-refractivity contribution in [2.45, 2.75) is 0 Å². The highest BCUT2D eigenvalue weighted by molar-refractivity contribution is 7.22. The molecule has 0 fully saturated rings. The lowest BCUT2D eigenvalue weighted by atomic mass is 10.3. The smallest absolute Gasteiger partial charge is 0.309 e. The molecule has 0 N–H and O–H groups in total. The van der Waals surface area contributed by atoms with Gasteiger partial charge in [-0.05, 0) is 42.5 Å². The predicted octanol–water partition coefficient (Wildman–Crippen LogP) is 5.32. The van der Waals surface area contributed by atoms with Gasteiger partial charge in [-0.25, -0.2) is 14.4 Å². The van der Waals surface area contributed by atoms with Crippen LogP contribution in [0.25, 0.3) is 20.4 Å². The number of thiazole rings is 2. The number of nitrogens with zero attached hydrogens (tertiary/aromatic N) is 4. The quantitative estimate of drug-likeness (QED) is 0.290. The first-order chi connectivity index (χ1) is 14.2. The van der Waals surface area contributed by atoms with E-state index in [1.807, 2.05) is 24.3 Å². The number of anilines is 1. The highest BCUT2D eigenvalue weighted by atomic mass is 32.1. The van der Waals surface area contributed by atoms with Crippen LogP contribution in [-0.4, -0.2) is 22.1 Å². The number of carbonyl (C=O) groups is 1. The summed E-state index contributed by atoms with van der Waals surface area (Å²) in [6.07, 6.45) is 2.94. The minimum Gasteiger partial charge on any atom is -0.463 e. The predicted molar refractivity (Wildman–Crippen MR) is 112 cm³/mol. The molecule has 29 heavy (non-hydrogen) atoms. The number of furan rings is 1. The number of para-hydroxylation sites is 1. The fourth-order valence-corrected chi connectivity index (χ4v) is 4.54. The van der Waals surface area contributed by atoms with Gasteiger partial charge in [0.05, 0.1) is 32.9 Å². The first-order valence-corrected chi connectivity index (χ1v) is 10.1. The third-order valence-corrected chi connectivity index (χ3v) is 6.05. The van der Waals surface area contributed by atoms with Crippen LogP contribution in [0.1, 0.15) is 15.6 Å². The third kappa shape index (κ3) is 3.41. The molecule has 3 aromatic heterocycles. The molecule has 0 aliphatic rings. The molecule has 1 amide bonds. The number of fused-ring (bicyclic) bond motifs is 2. The number of rotatable bonds is 4. The zero-order valence-electron chi connectivity index (χ0n) is 14.7. The van der Waals surface area contributed by atoms with E-state index in [1.54, 1.807) is 18.2 Å². The summed E-state index contributed by atoms with van der Waals surface area (Å²) in [6.45, 7) is 0. The van der Waals surface area contributed by atoms with Crippen LogP contribution in [0.3, 0.4) is 0 Å². The summed E-state index contributed by atoms with van der Waals surface area (Å²) in [5, 5.41) is 6.06. The second kappa shape index (κ2) is 7.19. The van der Waals surface area contributed by atoms with Crippen molar-refractivity contribution in [3.63, 3.8) is 0 Å². The van der Waals surface area contributed by atoms with E-state index in [1.165, 1.54) is 52.3 Å². The number of hydrogen-bond acceptors (Lipinski definition) is 7. The van der Waals surface area contributed by atoms with Gasteiger partial charge in [0.25, 0.3) is 0 Å². The molecule has 0 bridgehead atoms. The largest absolute Gasteiger partial charge is 0.463 e. The highest BCUT2D eigenvalue weighted by Gasteiger charge is 2.24. The number of hydrazone groups is 1. The maximum atomic E-state index is 13.6. The van der Waals surface area contributed by atoms with E-state index in [4.69, 9.17) is 4.42 Å². The molecular weight excluding hydrogens is 411 g/mol. The third-order valence-electron chi connectivity index (χ3n) is 4.03. The van der Waals surface area contributed by atoms with Crippen molar-refractivity contribution in [1.29, 1.82) is 0 Å². The lowest BCUT2D eigenvalue weighted by Gasteiger charge is -2.11. The molecule has 0 unspecified atom stereocenters. The molecule has 0 saturated heterocycles. The van der Waals surface area contributed by atoms with Crippen LogP contribution in [-0.2, 0) is 0 Å². The maximum absolute atomic E-state index is 13.6. The van der Waals surface area contributed by atoms with Crippen molar-refractivity contribution < 1.29 is 13.6 Å². The van der Waals surface area contributed by atoms with Crippen molar-refractivity contribution in [2.75, 3.05) is 5.01 Å². The van der Waals surface area contributed by atoms with E-state index in [9.17, 15) is 9.18 Å². The monoisotopic (exact) mass is 422 g/mol. The van der Waals surface area contributed by atoms with E-state index >= 15 is 0 Å². The molecule has 6 nitrogen and oxygen atoms in total. The molecule has 9 heteroatoms. The van der Waals surface area contributed by atoms with Gasteiger partial charge >= 0.3 is 5.91 Å². The Kier molecular flexibility index (Phi) is 4.38. The van der Waals surface area contributed by atoms with Crippen molar-refractivity contribution in [3.8, 4) is 0 Å². The number of aromatic nitrogens is 2. The molecule has 2 aromatic carbocycles. The van der Waals surface area contributed by atoms with Gasteiger partial charge < -0.3 is 4.42 Å². The minimum absolute atomic E-state index is 0.285. The molecule has 0 spiro atoms. The van der Waals surface area contributed by atoms with E-state index in [2.05, 4.69) is 15.1 Å². The van der Waals surface area contributed by atoms with Gasteiger partial charge in [-0.3, -0.25) is 4.79 Å². The first kappa shape index (κ1) is 17.7. The Morgan fingerprint density at radius 1 is 1.03 bits per heavy atom. The summed E-state index contributed by atoms with van der Waals surface area (Å²) in [5.41, 5.74) is 1.32. The van der Waals surface area contributed by atoms with Crippen molar-refractivity contribution in [3.05, 3.63) is 77.4 Å². The van der Waals surface area contributed by atoms with Crippen LogP contribution in [0.5, 0.6) is 0 Å². The zero-order chi connectivity index (χ0) is 19.8. The Labute approximate surface area is 171 Å². The fourth-order valence-electron chi connectivity index (χ4n) is 2.70. The van der Waals surface area contributed by atoms with Crippen molar-refractivity contribution in [1.82, 2.24) is 9.97 Å². The Balaban J connectivity index is 1.59. The van der Waals surface area contributed by atoms with Crippen LogP contribution in [0.2, 0.25) is 0 Å². The summed E-state index contributed by atoms with van der Waals surface area (Å²) < 4.78 is 20.4. The molecule has 0 aliphatic heterocycles. The summed E-state index contributed by atoms with van der Waals surface area (Å²) in [5.74, 6) is -0.302. The molecule has 142 valence electrons. The molecule has 5 rings (SSSR count). The van der Waals surface area contributed by atoms with Crippen LogP contribution < -0.4 is 5.01 Å². The molecule has 0 aliphatic carbocycles. The number of hydrogen-bond donors (Lipinski definition) is 0. The van der Waals surface area contributed by atoms with Crippen LogP contribution >= 0.6 is 22.7 Å². The molecule has 0 saturated carbocycles. The number of amides is 1. The number of halogens is 1. The van der Waals surface area contributed by atoms with Gasteiger partial charge in [0.1, 0.15) is 11.6 Å². The van der Waals surface area contributed by atoms with Gasteiger partial charge in [-0.2, -0.15) is 10.1 Å². The summed E-state index contributed by atoms with van der Waals surface area (Å²) in [6, 6.07) is 15.2. The van der Waals surface area contributed by atoms with E-state index in [0.717, 1.165) is 10.2 Å². The average molecular weight is 422 g/mol. The standard InChI is InChI=1S/C20H11FN4O2S2/c21-12-7-8-15-17(10-12)29-20(24-15)25(22-11-13-4-3-9-27-13)19(26)18-23-14-5-1-2-6-16(14)28-18/h1-11H/b22-11+. The topological polar surface area (TPSA) is 71.6 Å². The Hall–Kier alpha value is -3.43. The van der Waals surface area contributed by atoms with Crippen molar-refractivity contribution >= 4 is 60.4 Å². The van der Waals surface area contributed by atoms with E-state index in [0.29, 0.717) is 21.1 Å². The molecule has 3 heterocycles. The Bertz CT molecular complexity index is 1320. The molecule has 0 atom stereocenters. The fraction of sp³-hybridized carbons (Fsp3) is 0. The van der Waals surface area contributed by atoms with Crippen LogP contribution in [0, 0.1) is 5.82 Å². The van der Waals surface area contributed by atoms with Gasteiger partial charge in [-0.1, -0.05) is 23.5 Å². The van der Waals surface area contributed by atoms with Crippen molar-refractivity contribution in [2.24, 2.45) is 5.10 Å². The average Bonchev–Trinajstić information content (AvgIpc) is 3.46. The highest BCUT2D eigenvalue weighted by Crippen LogP contribution is 2.32. The number of benzene rings is 2. The van der Waals surface area contributed by atoms with E-state index in [-0.39, 0.29) is 10.8 Å². The normalized spacial score (nSPS) is 11.6. The molecule has 0 radical (unpaired) electrons. The van der Waals surface area contributed by atoms with Crippen LogP contribution in [0.4, 0.5) is 9.52 Å². The van der Waals surface area contributed by atoms with Crippen LogP contribution in [0.15, 0.2) is 70.4 Å². The van der Waals surface area contributed by atoms with Gasteiger partial charge in [-0.15, -0.1) is 11.3 Å². The lowest BCUT2D eigenvalue weighted by Crippen LogP contribution is -2.25. The second-order valence-electron chi connectivity index (χ2n) is 5.97. The summed E-state index contributed by atoms with van der Waals surface area (Å²) >= 11 is 2.45. The zero-order valence-corrected chi connectivity index (χ0v) is 16.3. The minimum atomic E-state index is -0.423. The van der Waals surface area contributed by atoms with E-state index < -0.39 is 5.91 Å². The maximum Gasteiger partial charge on any atom is 0.309 e. The summed E-state index contributed by atoms with van der Waals surface area (Å²) in [7, 11) is 0. The number of carbonyl (C=O) groups excluding carboxylic acids is 1. The first-order valence-electron chi connectivity index (χ1n) is 8.51. The van der Waals surface area contributed by atoms with Gasteiger partial charge in [0, 0.05) is 0 Å². The second-order valence-corrected chi connectivity index (χ2v) is 8.01.